The predicted octanol–water partition coefficient (Wildman–Crippen LogP) is 8.33. The van der Waals surface area contributed by atoms with Crippen LogP contribution in [0.1, 0.15) is 187 Å². The Labute approximate surface area is 318 Å². The molecule has 1 fully saturated rings. The number of hydrogen-bond donors (Lipinski definition) is 6. The lowest BCUT2D eigenvalue weighted by atomic mass is 9.99. The monoisotopic (exact) mass is 740 g/mol. The van der Waals surface area contributed by atoms with Crippen LogP contribution in [-0.2, 0) is 14.3 Å². The van der Waals surface area contributed by atoms with E-state index in [4.69, 9.17) is 9.47 Å². The Morgan fingerprint density at radius 3 is 1.56 bits per heavy atom. The highest BCUT2D eigenvalue weighted by atomic mass is 16.7. The Morgan fingerprint density at radius 2 is 1.08 bits per heavy atom. The van der Waals surface area contributed by atoms with Gasteiger partial charge in [0.15, 0.2) is 6.29 Å². The van der Waals surface area contributed by atoms with Crippen LogP contribution in [0.25, 0.3) is 0 Å². The molecule has 0 spiro atoms. The summed E-state index contributed by atoms with van der Waals surface area (Å²) in [4.78, 5) is 12.9. The van der Waals surface area contributed by atoms with Crippen molar-refractivity contribution in [2.45, 2.75) is 230 Å². The maximum absolute atomic E-state index is 12.9. The van der Waals surface area contributed by atoms with E-state index in [0.717, 1.165) is 44.9 Å². The van der Waals surface area contributed by atoms with Gasteiger partial charge in [0, 0.05) is 6.42 Å². The average molecular weight is 740 g/mol. The minimum atomic E-state index is -1.56. The van der Waals surface area contributed by atoms with Crippen LogP contribution in [0.2, 0.25) is 0 Å². The van der Waals surface area contributed by atoms with Crippen molar-refractivity contribution in [3.05, 3.63) is 24.3 Å². The Bertz CT molecular complexity index is 868. The molecule has 52 heavy (non-hydrogen) atoms. The molecule has 0 saturated carbocycles. The van der Waals surface area contributed by atoms with Gasteiger partial charge in [0.1, 0.15) is 24.4 Å². The van der Waals surface area contributed by atoms with Crippen molar-refractivity contribution in [3.8, 4) is 0 Å². The summed E-state index contributed by atoms with van der Waals surface area (Å²) in [7, 11) is 0. The van der Waals surface area contributed by atoms with Gasteiger partial charge < -0.3 is 40.3 Å². The number of carbonyl (C=O) groups is 1. The number of carbonyl (C=O) groups excluding carboxylic acids is 1. The van der Waals surface area contributed by atoms with Crippen molar-refractivity contribution in [2.24, 2.45) is 0 Å². The number of rotatable bonds is 35. The summed E-state index contributed by atoms with van der Waals surface area (Å²) in [6.45, 7) is 3.75. The van der Waals surface area contributed by atoms with Gasteiger partial charge in [-0.05, 0) is 44.9 Å². The minimum Gasteiger partial charge on any atom is -0.394 e. The molecule has 1 aliphatic rings. The van der Waals surface area contributed by atoms with E-state index in [1.165, 1.54) is 122 Å². The van der Waals surface area contributed by atoms with Crippen molar-refractivity contribution >= 4 is 5.91 Å². The SMILES string of the molecule is CCCCCCCC/C=C\CCCCCCCCCC(=O)NC(COC1OC(CO)C(O)C(O)C1O)C(O)/C=C/CCCCCCCCCCCC. The number of aliphatic hydroxyl groups is 5. The molecule has 1 heterocycles. The van der Waals surface area contributed by atoms with E-state index in [1.807, 2.05) is 6.08 Å². The molecule has 0 radical (unpaired) electrons. The van der Waals surface area contributed by atoms with E-state index in [9.17, 15) is 30.3 Å². The smallest absolute Gasteiger partial charge is 0.220 e. The minimum absolute atomic E-state index is 0.183. The average Bonchev–Trinajstić information content (AvgIpc) is 3.14. The second-order valence-electron chi connectivity index (χ2n) is 15.1. The van der Waals surface area contributed by atoms with Gasteiger partial charge in [-0.1, -0.05) is 160 Å². The normalized spacial score (nSPS) is 22.0. The second-order valence-corrected chi connectivity index (χ2v) is 15.1. The van der Waals surface area contributed by atoms with Gasteiger partial charge in [-0.3, -0.25) is 4.79 Å². The highest BCUT2D eigenvalue weighted by Gasteiger charge is 2.44. The number of amides is 1. The van der Waals surface area contributed by atoms with Crippen molar-refractivity contribution < 1.29 is 39.8 Å². The molecule has 6 N–H and O–H groups in total. The summed E-state index contributed by atoms with van der Waals surface area (Å²) < 4.78 is 11.2. The Morgan fingerprint density at radius 1 is 0.635 bits per heavy atom. The Kier molecular flexibility index (Phi) is 32.0. The molecule has 1 aliphatic heterocycles. The third kappa shape index (κ3) is 24.9. The van der Waals surface area contributed by atoms with Crippen molar-refractivity contribution in [3.63, 3.8) is 0 Å². The first-order valence-corrected chi connectivity index (χ1v) is 21.6. The topological polar surface area (TPSA) is 149 Å². The Hall–Kier alpha value is -1.33. The highest BCUT2D eigenvalue weighted by Crippen LogP contribution is 2.22. The molecular weight excluding hydrogens is 658 g/mol. The van der Waals surface area contributed by atoms with E-state index in [1.54, 1.807) is 6.08 Å². The zero-order valence-electron chi connectivity index (χ0n) is 33.3. The highest BCUT2D eigenvalue weighted by molar-refractivity contribution is 5.76. The van der Waals surface area contributed by atoms with E-state index in [0.29, 0.717) is 6.42 Å². The van der Waals surface area contributed by atoms with Crippen LogP contribution in [0.4, 0.5) is 0 Å². The van der Waals surface area contributed by atoms with Crippen molar-refractivity contribution in [1.82, 2.24) is 5.32 Å². The van der Waals surface area contributed by atoms with Crippen LogP contribution >= 0.6 is 0 Å². The zero-order valence-corrected chi connectivity index (χ0v) is 33.3. The fourth-order valence-corrected chi connectivity index (χ4v) is 6.74. The summed E-state index contributed by atoms with van der Waals surface area (Å²) >= 11 is 0. The molecule has 1 saturated heterocycles. The first-order valence-electron chi connectivity index (χ1n) is 21.6. The molecule has 306 valence electrons. The lowest BCUT2D eigenvalue weighted by molar-refractivity contribution is -0.302. The molecular formula is C43H81NO8. The van der Waals surface area contributed by atoms with Crippen LogP contribution in [0.5, 0.6) is 0 Å². The molecule has 0 aliphatic carbocycles. The van der Waals surface area contributed by atoms with Gasteiger partial charge in [-0.25, -0.2) is 0 Å². The quantitative estimate of drug-likeness (QED) is 0.0281. The number of ether oxygens (including phenoxy) is 2. The van der Waals surface area contributed by atoms with Gasteiger partial charge in [0.25, 0.3) is 0 Å². The van der Waals surface area contributed by atoms with E-state index < -0.39 is 49.5 Å². The third-order valence-corrected chi connectivity index (χ3v) is 10.3. The lowest BCUT2D eigenvalue weighted by Crippen LogP contribution is -2.60. The molecule has 9 heteroatoms. The van der Waals surface area contributed by atoms with E-state index in [-0.39, 0.29) is 12.5 Å². The van der Waals surface area contributed by atoms with Gasteiger partial charge >= 0.3 is 0 Å². The molecule has 0 bridgehead atoms. The van der Waals surface area contributed by atoms with Crippen LogP contribution in [0.3, 0.4) is 0 Å². The number of nitrogens with one attached hydrogen (secondary N) is 1. The van der Waals surface area contributed by atoms with Crippen LogP contribution in [0.15, 0.2) is 24.3 Å². The van der Waals surface area contributed by atoms with Crippen LogP contribution in [0, 0.1) is 0 Å². The van der Waals surface area contributed by atoms with Gasteiger partial charge in [0.2, 0.25) is 5.91 Å². The molecule has 1 amide bonds. The van der Waals surface area contributed by atoms with Gasteiger partial charge in [-0.15, -0.1) is 0 Å². The predicted molar refractivity (Wildman–Crippen MR) is 212 cm³/mol. The van der Waals surface area contributed by atoms with E-state index >= 15 is 0 Å². The molecule has 0 aromatic rings. The molecule has 1 rings (SSSR count). The van der Waals surface area contributed by atoms with Crippen molar-refractivity contribution in [2.75, 3.05) is 13.2 Å². The molecule has 0 aromatic heterocycles. The maximum atomic E-state index is 12.9. The van der Waals surface area contributed by atoms with Crippen LogP contribution in [-0.4, -0.2) is 87.5 Å². The fraction of sp³-hybridized carbons (Fsp3) is 0.884. The number of hydrogen-bond acceptors (Lipinski definition) is 8. The zero-order chi connectivity index (χ0) is 38.1. The number of unbranched alkanes of at least 4 members (excludes halogenated alkanes) is 23. The molecule has 7 unspecified atom stereocenters. The molecule has 7 atom stereocenters. The van der Waals surface area contributed by atoms with Gasteiger partial charge in [0.05, 0.1) is 25.4 Å². The summed E-state index contributed by atoms with van der Waals surface area (Å²) in [6, 6.07) is -0.802. The number of allylic oxidation sites excluding steroid dienone is 3. The van der Waals surface area contributed by atoms with Gasteiger partial charge in [-0.2, -0.15) is 0 Å². The second kappa shape index (κ2) is 34.2. The van der Waals surface area contributed by atoms with E-state index in [2.05, 4.69) is 31.3 Å². The molecule has 9 nitrogen and oxygen atoms in total. The third-order valence-electron chi connectivity index (χ3n) is 10.3. The first-order chi connectivity index (χ1) is 25.3. The summed E-state index contributed by atoms with van der Waals surface area (Å²) in [6.07, 6.45) is 32.1. The molecule has 0 aromatic carbocycles. The Balaban J connectivity index is 2.38. The number of aliphatic hydroxyl groups excluding tert-OH is 5. The standard InChI is InChI=1S/C43H81NO8/c1-3-5-7-9-11-13-15-17-18-19-20-21-23-25-27-29-31-33-39(47)44-36(35-51-43-42(50)41(49)40(48)38(34-45)52-43)37(46)32-30-28-26-24-22-16-14-12-10-8-6-4-2/h17-18,30,32,36-38,40-43,45-46,48-50H,3-16,19-29,31,33-35H2,1-2H3,(H,44,47)/b18-17-,32-30+. The summed E-state index contributed by atoms with van der Waals surface area (Å²) in [5.41, 5.74) is 0. The lowest BCUT2D eigenvalue weighted by Gasteiger charge is -2.40. The largest absolute Gasteiger partial charge is 0.394 e. The maximum Gasteiger partial charge on any atom is 0.220 e. The summed E-state index contributed by atoms with van der Waals surface area (Å²) in [5.74, 6) is -0.183. The summed E-state index contributed by atoms with van der Waals surface area (Å²) in [5, 5.41) is 54.0. The van der Waals surface area contributed by atoms with Crippen molar-refractivity contribution in [1.29, 1.82) is 0 Å². The van der Waals surface area contributed by atoms with Crippen LogP contribution < -0.4 is 5.32 Å². The fourth-order valence-electron chi connectivity index (χ4n) is 6.74. The first kappa shape index (κ1) is 48.7.